The summed E-state index contributed by atoms with van der Waals surface area (Å²) in [6, 6.07) is -0.697. The van der Waals surface area contributed by atoms with Crippen LogP contribution in [0.5, 0.6) is 0 Å². The first-order valence-corrected chi connectivity index (χ1v) is 8.00. The Bertz CT molecular complexity index is 636. The Morgan fingerprint density at radius 3 is 2.46 bits per heavy atom. The van der Waals surface area contributed by atoms with Crippen LogP contribution in [0.25, 0.3) is 0 Å². The van der Waals surface area contributed by atoms with E-state index in [9.17, 15) is 14.4 Å². The Hall–Kier alpha value is -2.10. The second-order valence-corrected chi connectivity index (χ2v) is 6.46. The summed E-state index contributed by atoms with van der Waals surface area (Å²) in [5.74, 6) is -1.18. The number of urea groups is 1. The van der Waals surface area contributed by atoms with Gasteiger partial charge in [0.1, 0.15) is 12.1 Å². The van der Waals surface area contributed by atoms with Gasteiger partial charge in [-0.3, -0.25) is 10.1 Å². The van der Waals surface area contributed by atoms with Crippen molar-refractivity contribution in [2.24, 2.45) is 7.05 Å². The van der Waals surface area contributed by atoms with E-state index in [1.165, 1.54) is 4.57 Å². The SMILES string of the molecule is CCOC(=O)c1c(NC(=O)NCC(=O)OC(C)(C)C)nc(Br)n1C. The van der Waals surface area contributed by atoms with Crippen molar-refractivity contribution in [1.82, 2.24) is 14.9 Å². The van der Waals surface area contributed by atoms with Crippen LogP contribution in [0, 0.1) is 0 Å². The first-order chi connectivity index (χ1) is 11.0. The number of imidazole rings is 1. The molecule has 0 fully saturated rings. The highest BCUT2D eigenvalue weighted by molar-refractivity contribution is 9.10. The lowest BCUT2D eigenvalue weighted by Crippen LogP contribution is -2.37. The van der Waals surface area contributed by atoms with Gasteiger partial charge in [-0.2, -0.15) is 0 Å². The average molecular weight is 405 g/mol. The summed E-state index contributed by atoms with van der Waals surface area (Å²) in [6.45, 7) is 6.72. The van der Waals surface area contributed by atoms with Gasteiger partial charge < -0.3 is 19.4 Å². The number of nitrogens with one attached hydrogen (secondary N) is 2. The molecule has 0 aliphatic rings. The number of amides is 2. The number of aromatic nitrogens is 2. The fraction of sp³-hybridized carbons (Fsp3) is 0.571. The number of rotatable bonds is 5. The number of carbonyl (C=O) groups excluding carboxylic acids is 3. The largest absolute Gasteiger partial charge is 0.461 e. The normalized spacial score (nSPS) is 10.9. The van der Waals surface area contributed by atoms with Crippen molar-refractivity contribution in [3.8, 4) is 0 Å². The van der Waals surface area contributed by atoms with Gasteiger partial charge in [-0.05, 0) is 43.6 Å². The fourth-order valence-electron chi connectivity index (χ4n) is 1.67. The van der Waals surface area contributed by atoms with E-state index in [0.717, 1.165) is 0 Å². The molecule has 0 saturated heterocycles. The third-order valence-corrected chi connectivity index (χ3v) is 3.26. The van der Waals surface area contributed by atoms with Crippen LogP contribution in [0.15, 0.2) is 4.73 Å². The highest BCUT2D eigenvalue weighted by Gasteiger charge is 2.23. The van der Waals surface area contributed by atoms with Gasteiger partial charge in [0.2, 0.25) is 0 Å². The lowest BCUT2D eigenvalue weighted by Gasteiger charge is -2.19. The maximum atomic E-state index is 12.0. The van der Waals surface area contributed by atoms with Crippen LogP contribution in [0.4, 0.5) is 10.6 Å². The van der Waals surface area contributed by atoms with Crippen LogP contribution in [-0.2, 0) is 21.3 Å². The van der Waals surface area contributed by atoms with E-state index in [-0.39, 0.29) is 24.7 Å². The molecule has 0 spiro atoms. The van der Waals surface area contributed by atoms with E-state index < -0.39 is 23.6 Å². The summed E-state index contributed by atoms with van der Waals surface area (Å²) in [7, 11) is 1.59. The minimum atomic E-state index is -0.697. The smallest absolute Gasteiger partial charge is 0.358 e. The molecule has 1 heterocycles. The van der Waals surface area contributed by atoms with Crippen LogP contribution in [0.1, 0.15) is 38.2 Å². The average Bonchev–Trinajstić information content (AvgIpc) is 2.70. The summed E-state index contributed by atoms with van der Waals surface area (Å²) in [5, 5.41) is 4.75. The third kappa shape index (κ3) is 5.84. The molecule has 2 N–H and O–H groups in total. The van der Waals surface area contributed by atoms with Gasteiger partial charge in [0.25, 0.3) is 0 Å². The second kappa shape index (κ2) is 8.13. The highest BCUT2D eigenvalue weighted by Crippen LogP contribution is 2.20. The quantitative estimate of drug-likeness (QED) is 0.723. The number of anilines is 1. The monoisotopic (exact) mass is 404 g/mol. The first kappa shape index (κ1) is 19.9. The van der Waals surface area contributed by atoms with Gasteiger partial charge >= 0.3 is 18.0 Å². The van der Waals surface area contributed by atoms with Crippen LogP contribution < -0.4 is 10.6 Å². The van der Waals surface area contributed by atoms with Crippen LogP contribution >= 0.6 is 15.9 Å². The lowest BCUT2D eigenvalue weighted by molar-refractivity contribution is -0.153. The predicted molar refractivity (Wildman–Crippen MR) is 89.7 cm³/mol. The number of hydrogen-bond donors (Lipinski definition) is 2. The van der Waals surface area contributed by atoms with Crippen LogP contribution in [0.2, 0.25) is 0 Å². The zero-order valence-electron chi connectivity index (χ0n) is 14.2. The molecule has 0 saturated carbocycles. The van der Waals surface area contributed by atoms with Crippen LogP contribution in [0.3, 0.4) is 0 Å². The highest BCUT2D eigenvalue weighted by atomic mass is 79.9. The zero-order chi connectivity index (χ0) is 18.5. The molecule has 0 unspecified atom stereocenters. The molecule has 0 aromatic carbocycles. The van der Waals surface area contributed by atoms with Gasteiger partial charge in [0.15, 0.2) is 16.2 Å². The Morgan fingerprint density at radius 2 is 1.92 bits per heavy atom. The van der Waals surface area contributed by atoms with Crippen molar-refractivity contribution >= 4 is 39.7 Å². The number of ether oxygens (including phenoxy) is 2. The van der Waals surface area contributed by atoms with Crippen molar-refractivity contribution in [3.63, 3.8) is 0 Å². The van der Waals surface area contributed by atoms with Gasteiger partial charge in [0.05, 0.1) is 6.61 Å². The van der Waals surface area contributed by atoms with E-state index in [1.54, 1.807) is 34.7 Å². The predicted octanol–water partition coefficient (Wildman–Crippen LogP) is 1.82. The first-order valence-electron chi connectivity index (χ1n) is 7.21. The molecule has 10 heteroatoms. The van der Waals surface area contributed by atoms with Gasteiger partial charge in [0, 0.05) is 7.05 Å². The molecular formula is C14H21BrN4O5. The topological polar surface area (TPSA) is 112 Å². The molecule has 9 nitrogen and oxygen atoms in total. The van der Waals surface area contributed by atoms with Crippen molar-refractivity contribution < 1.29 is 23.9 Å². The standard InChI is InChI=1S/C14H21BrN4O5/c1-6-23-11(21)9-10(17-12(15)19(9)5)18-13(22)16-7-8(20)24-14(2,3)4/h6-7H2,1-5H3,(H2,16,18,22). The Morgan fingerprint density at radius 1 is 1.29 bits per heavy atom. The summed E-state index contributed by atoms with van der Waals surface area (Å²) >= 11 is 3.17. The van der Waals surface area contributed by atoms with E-state index in [0.29, 0.717) is 4.73 Å². The minimum Gasteiger partial charge on any atom is -0.461 e. The van der Waals surface area contributed by atoms with Gasteiger partial charge in [-0.15, -0.1) is 0 Å². The number of hydrogen-bond acceptors (Lipinski definition) is 6. The number of halogens is 1. The number of carbonyl (C=O) groups is 3. The molecule has 2 amide bonds. The van der Waals surface area contributed by atoms with Crippen molar-refractivity contribution in [1.29, 1.82) is 0 Å². The molecule has 0 atom stereocenters. The van der Waals surface area contributed by atoms with E-state index in [1.807, 2.05) is 0 Å². The van der Waals surface area contributed by atoms with Crippen molar-refractivity contribution in [2.45, 2.75) is 33.3 Å². The Labute approximate surface area is 148 Å². The van der Waals surface area contributed by atoms with E-state index >= 15 is 0 Å². The maximum absolute atomic E-state index is 12.0. The van der Waals surface area contributed by atoms with Crippen LogP contribution in [-0.4, -0.2) is 46.3 Å². The second-order valence-electron chi connectivity index (χ2n) is 5.75. The summed E-state index contributed by atoms with van der Waals surface area (Å²) in [5.41, 5.74) is -0.561. The van der Waals surface area contributed by atoms with E-state index in [2.05, 4.69) is 31.5 Å². The van der Waals surface area contributed by atoms with E-state index in [4.69, 9.17) is 9.47 Å². The molecular weight excluding hydrogens is 384 g/mol. The number of nitrogens with zero attached hydrogens (tertiary/aromatic N) is 2. The Kier molecular flexibility index (Phi) is 6.76. The zero-order valence-corrected chi connectivity index (χ0v) is 15.8. The molecule has 1 rings (SSSR count). The molecule has 0 bridgehead atoms. The molecule has 134 valence electrons. The van der Waals surface area contributed by atoms with Crippen molar-refractivity contribution in [3.05, 3.63) is 10.4 Å². The Balaban J connectivity index is 2.72. The van der Waals surface area contributed by atoms with Crippen molar-refractivity contribution in [2.75, 3.05) is 18.5 Å². The summed E-state index contributed by atoms with van der Waals surface area (Å²) in [4.78, 5) is 39.4. The minimum absolute atomic E-state index is 0.0181. The fourth-order valence-corrected chi connectivity index (χ4v) is 2.03. The third-order valence-electron chi connectivity index (χ3n) is 2.55. The molecule has 1 aromatic rings. The maximum Gasteiger partial charge on any atom is 0.358 e. The summed E-state index contributed by atoms with van der Waals surface area (Å²) < 4.78 is 11.8. The molecule has 0 aliphatic heterocycles. The lowest BCUT2D eigenvalue weighted by atomic mass is 10.2. The molecule has 0 radical (unpaired) electrons. The molecule has 0 aliphatic carbocycles. The van der Waals surface area contributed by atoms with Gasteiger partial charge in [-0.1, -0.05) is 0 Å². The molecule has 24 heavy (non-hydrogen) atoms. The number of esters is 2. The summed E-state index contributed by atoms with van der Waals surface area (Å²) in [6.07, 6.45) is 0. The van der Waals surface area contributed by atoms with Gasteiger partial charge in [-0.25, -0.2) is 14.6 Å². The molecule has 1 aromatic heterocycles.